The molecule has 0 aliphatic heterocycles. The SMILES string of the molecule is CNS(=O)(=O)C(c1cccc2ccncc12)C1CCC1. The van der Waals surface area contributed by atoms with Crippen molar-refractivity contribution in [2.75, 3.05) is 7.05 Å². The van der Waals surface area contributed by atoms with Crippen LogP contribution >= 0.6 is 0 Å². The smallest absolute Gasteiger partial charge is 0.218 e. The van der Waals surface area contributed by atoms with E-state index < -0.39 is 15.3 Å². The predicted molar refractivity (Wildman–Crippen MR) is 79.8 cm³/mol. The monoisotopic (exact) mass is 290 g/mol. The lowest BCUT2D eigenvalue weighted by molar-refractivity contribution is 0.300. The molecule has 1 heterocycles. The number of rotatable bonds is 4. The fraction of sp³-hybridized carbons (Fsp3) is 0.400. The Morgan fingerprint density at radius 3 is 2.75 bits per heavy atom. The maximum atomic E-state index is 12.4. The van der Waals surface area contributed by atoms with E-state index in [0.717, 1.165) is 35.6 Å². The molecule has 106 valence electrons. The summed E-state index contributed by atoms with van der Waals surface area (Å²) in [6, 6.07) is 7.75. The Balaban J connectivity index is 2.19. The molecule has 1 aliphatic carbocycles. The van der Waals surface area contributed by atoms with Crippen LogP contribution in [0.25, 0.3) is 10.8 Å². The quantitative estimate of drug-likeness (QED) is 0.941. The van der Waals surface area contributed by atoms with Crippen molar-refractivity contribution in [2.24, 2.45) is 5.92 Å². The third-order valence-electron chi connectivity index (χ3n) is 4.22. The summed E-state index contributed by atoms with van der Waals surface area (Å²) in [5.74, 6) is 0.207. The molecule has 0 bridgehead atoms. The highest BCUT2D eigenvalue weighted by atomic mass is 32.2. The van der Waals surface area contributed by atoms with Crippen molar-refractivity contribution in [1.82, 2.24) is 9.71 Å². The lowest BCUT2D eigenvalue weighted by Gasteiger charge is -2.33. The van der Waals surface area contributed by atoms with E-state index in [0.29, 0.717) is 0 Å². The highest BCUT2D eigenvalue weighted by Crippen LogP contribution is 2.43. The van der Waals surface area contributed by atoms with Gasteiger partial charge in [-0.15, -0.1) is 0 Å². The summed E-state index contributed by atoms with van der Waals surface area (Å²) in [7, 11) is -1.85. The van der Waals surface area contributed by atoms with Crippen molar-refractivity contribution >= 4 is 20.8 Å². The Kier molecular flexibility index (Phi) is 3.48. The van der Waals surface area contributed by atoms with Crippen LogP contribution in [0.15, 0.2) is 36.7 Å². The van der Waals surface area contributed by atoms with E-state index in [1.54, 1.807) is 12.4 Å². The molecule has 0 saturated heterocycles. The first-order valence-electron chi connectivity index (χ1n) is 6.88. The Morgan fingerprint density at radius 1 is 1.30 bits per heavy atom. The van der Waals surface area contributed by atoms with E-state index in [1.807, 2.05) is 24.3 Å². The lowest BCUT2D eigenvalue weighted by Crippen LogP contribution is -2.33. The first kappa shape index (κ1) is 13.5. The molecule has 20 heavy (non-hydrogen) atoms. The van der Waals surface area contributed by atoms with Gasteiger partial charge in [0.2, 0.25) is 10.0 Å². The molecule has 0 radical (unpaired) electrons. The number of benzene rings is 1. The molecule has 1 aromatic carbocycles. The van der Waals surface area contributed by atoms with Crippen LogP contribution in [0.3, 0.4) is 0 Å². The standard InChI is InChI=1S/C15H18N2O2S/c1-16-20(18,19)15(12-5-2-6-12)13-7-3-4-11-8-9-17-10-14(11)13/h3-4,7-10,12,15-16H,2,5-6H2,1H3. The van der Waals surface area contributed by atoms with Crippen LogP contribution in [-0.4, -0.2) is 20.4 Å². The van der Waals surface area contributed by atoms with Crippen molar-refractivity contribution < 1.29 is 8.42 Å². The van der Waals surface area contributed by atoms with Gasteiger partial charge in [-0.1, -0.05) is 24.6 Å². The second-order valence-corrected chi connectivity index (χ2v) is 7.31. The Hall–Kier alpha value is -1.46. The first-order valence-corrected chi connectivity index (χ1v) is 8.43. The molecule has 0 spiro atoms. The van der Waals surface area contributed by atoms with Crippen LogP contribution < -0.4 is 4.72 Å². The second-order valence-electron chi connectivity index (χ2n) is 5.30. The number of hydrogen-bond acceptors (Lipinski definition) is 3. The van der Waals surface area contributed by atoms with Gasteiger partial charge < -0.3 is 0 Å². The highest BCUT2D eigenvalue weighted by molar-refractivity contribution is 7.89. The Labute approximate surface area is 119 Å². The second kappa shape index (κ2) is 5.14. The van der Waals surface area contributed by atoms with Gasteiger partial charge in [-0.2, -0.15) is 0 Å². The van der Waals surface area contributed by atoms with E-state index >= 15 is 0 Å². The fourth-order valence-electron chi connectivity index (χ4n) is 2.93. The van der Waals surface area contributed by atoms with Gasteiger partial charge in [0.15, 0.2) is 0 Å². The molecule has 1 fully saturated rings. The molecule has 1 unspecified atom stereocenters. The zero-order chi connectivity index (χ0) is 14.2. The molecule has 3 rings (SSSR count). The molecular weight excluding hydrogens is 272 g/mol. The van der Waals surface area contributed by atoms with Crippen LogP contribution in [-0.2, 0) is 10.0 Å². The molecule has 1 atom stereocenters. The summed E-state index contributed by atoms with van der Waals surface area (Å²) in [5.41, 5.74) is 0.870. The molecule has 0 amide bonds. The van der Waals surface area contributed by atoms with Gasteiger partial charge in [0, 0.05) is 17.8 Å². The number of nitrogens with zero attached hydrogens (tertiary/aromatic N) is 1. The zero-order valence-electron chi connectivity index (χ0n) is 11.4. The van der Waals surface area contributed by atoms with Gasteiger partial charge in [0.1, 0.15) is 5.25 Å². The van der Waals surface area contributed by atoms with Gasteiger partial charge in [-0.25, -0.2) is 13.1 Å². The van der Waals surface area contributed by atoms with Crippen LogP contribution in [0.4, 0.5) is 0 Å². The number of sulfonamides is 1. The highest BCUT2D eigenvalue weighted by Gasteiger charge is 2.38. The third kappa shape index (κ3) is 2.21. The summed E-state index contributed by atoms with van der Waals surface area (Å²) in [4.78, 5) is 4.15. The average Bonchev–Trinajstić information content (AvgIpc) is 2.42. The van der Waals surface area contributed by atoms with Crippen LogP contribution in [0, 0.1) is 5.92 Å². The Morgan fingerprint density at radius 2 is 2.10 bits per heavy atom. The Bertz CT molecular complexity index is 718. The molecule has 2 aromatic rings. The van der Waals surface area contributed by atoms with Crippen molar-refractivity contribution in [3.63, 3.8) is 0 Å². The minimum atomic E-state index is -3.34. The zero-order valence-corrected chi connectivity index (χ0v) is 12.2. The lowest BCUT2D eigenvalue weighted by atomic mass is 9.80. The van der Waals surface area contributed by atoms with Crippen molar-refractivity contribution in [3.8, 4) is 0 Å². The molecule has 1 N–H and O–H groups in total. The maximum absolute atomic E-state index is 12.4. The fourth-order valence-corrected chi connectivity index (χ4v) is 4.50. The van der Waals surface area contributed by atoms with Crippen LogP contribution in [0.1, 0.15) is 30.1 Å². The minimum Gasteiger partial charge on any atom is -0.264 e. The summed E-state index contributed by atoms with van der Waals surface area (Å²) in [5, 5.41) is 1.49. The van der Waals surface area contributed by atoms with Crippen LogP contribution in [0.2, 0.25) is 0 Å². The summed E-state index contributed by atoms with van der Waals surface area (Å²) in [6.07, 6.45) is 6.56. The number of hydrogen-bond donors (Lipinski definition) is 1. The summed E-state index contributed by atoms with van der Waals surface area (Å²) in [6.45, 7) is 0. The average molecular weight is 290 g/mol. The molecule has 1 saturated carbocycles. The normalized spacial score (nSPS) is 17.9. The molecule has 5 heteroatoms. The topological polar surface area (TPSA) is 59.1 Å². The summed E-state index contributed by atoms with van der Waals surface area (Å²) >= 11 is 0. The van der Waals surface area contributed by atoms with Crippen molar-refractivity contribution in [3.05, 3.63) is 42.2 Å². The first-order chi connectivity index (χ1) is 9.63. The van der Waals surface area contributed by atoms with Crippen molar-refractivity contribution in [1.29, 1.82) is 0 Å². The molecular formula is C15H18N2O2S. The molecule has 1 aliphatic rings. The van der Waals surface area contributed by atoms with E-state index in [4.69, 9.17) is 0 Å². The van der Waals surface area contributed by atoms with Gasteiger partial charge in [-0.3, -0.25) is 4.98 Å². The van der Waals surface area contributed by atoms with E-state index in [-0.39, 0.29) is 5.92 Å². The van der Waals surface area contributed by atoms with Gasteiger partial charge in [0.25, 0.3) is 0 Å². The van der Waals surface area contributed by atoms with Gasteiger partial charge in [-0.05, 0) is 42.8 Å². The number of aromatic nitrogens is 1. The van der Waals surface area contributed by atoms with E-state index in [2.05, 4.69) is 9.71 Å². The largest absolute Gasteiger partial charge is 0.264 e. The third-order valence-corrected chi connectivity index (χ3v) is 6.10. The minimum absolute atomic E-state index is 0.207. The predicted octanol–water partition coefficient (Wildman–Crippen LogP) is 2.63. The molecule has 1 aromatic heterocycles. The van der Waals surface area contributed by atoms with Crippen LogP contribution in [0.5, 0.6) is 0 Å². The number of fused-ring (bicyclic) bond motifs is 1. The van der Waals surface area contributed by atoms with Crippen molar-refractivity contribution in [2.45, 2.75) is 24.5 Å². The van der Waals surface area contributed by atoms with Gasteiger partial charge >= 0.3 is 0 Å². The van der Waals surface area contributed by atoms with E-state index in [9.17, 15) is 8.42 Å². The molecule has 4 nitrogen and oxygen atoms in total. The number of pyridine rings is 1. The van der Waals surface area contributed by atoms with Gasteiger partial charge in [0.05, 0.1) is 0 Å². The number of nitrogens with one attached hydrogen (secondary N) is 1. The van der Waals surface area contributed by atoms with E-state index in [1.165, 1.54) is 7.05 Å². The summed E-state index contributed by atoms with van der Waals surface area (Å²) < 4.78 is 27.4. The maximum Gasteiger partial charge on any atom is 0.218 e.